The largest absolute Gasteiger partial charge is 0.366 e. The molecule has 2 amide bonds. The second-order valence-electron chi connectivity index (χ2n) is 6.54. The van der Waals surface area contributed by atoms with Crippen molar-refractivity contribution in [2.75, 3.05) is 0 Å². The van der Waals surface area contributed by atoms with Crippen LogP contribution in [0.4, 0.5) is 0 Å². The lowest BCUT2D eigenvalue weighted by atomic mass is 10.0. The van der Waals surface area contributed by atoms with Crippen LogP contribution in [0.5, 0.6) is 0 Å². The van der Waals surface area contributed by atoms with Crippen LogP contribution < -0.4 is 11.1 Å². The first-order valence-electron chi connectivity index (χ1n) is 8.59. The number of amides is 2. The number of rotatable bonds is 8. The maximum atomic E-state index is 12.6. The van der Waals surface area contributed by atoms with Crippen molar-refractivity contribution >= 4 is 21.7 Å². The molecule has 0 bridgehead atoms. The van der Waals surface area contributed by atoms with Crippen LogP contribution in [0.3, 0.4) is 0 Å². The van der Waals surface area contributed by atoms with Crippen LogP contribution in [-0.2, 0) is 9.84 Å². The molecule has 0 spiro atoms. The SMILES string of the molecule is CC(C)C[C@@H](/C=C/S(=O)(=O)c1ncccc1C(N)=O)NC(=O)c1ccncc1. The van der Waals surface area contributed by atoms with Crippen LogP contribution in [0.25, 0.3) is 0 Å². The molecule has 0 aliphatic rings. The highest BCUT2D eigenvalue weighted by molar-refractivity contribution is 7.94. The van der Waals surface area contributed by atoms with Gasteiger partial charge in [-0.15, -0.1) is 0 Å². The highest BCUT2D eigenvalue weighted by Gasteiger charge is 2.21. The molecular weight excluding hydrogens is 380 g/mol. The Bertz CT molecular complexity index is 972. The molecule has 2 aromatic heterocycles. The molecule has 0 saturated carbocycles. The number of nitrogens with one attached hydrogen (secondary N) is 1. The van der Waals surface area contributed by atoms with Gasteiger partial charge in [-0.25, -0.2) is 13.4 Å². The molecule has 0 radical (unpaired) electrons. The summed E-state index contributed by atoms with van der Waals surface area (Å²) in [5.74, 6) is -1.03. The molecule has 0 aromatic carbocycles. The number of pyridine rings is 2. The van der Waals surface area contributed by atoms with Gasteiger partial charge in [-0.05, 0) is 36.6 Å². The van der Waals surface area contributed by atoms with E-state index < -0.39 is 26.8 Å². The third-order valence-electron chi connectivity index (χ3n) is 3.78. The number of aromatic nitrogens is 2. The minimum Gasteiger partial charge on any atom is -0.366 e. The van der Waals surface area contributed by atoms with Crippen molar-refractivity contribution in [3.05, 3.63) is 65.5 Å². The summed E-state index contributed by atoms with van der Waals surface area (Å²) >= 11 is 0. The number of nitrogens with two attached hydrogens (primary N) is 1. The zero-order valence-electron chi connectivity index (χ0n) is 15.6. The Morgan fingerprint density at radius 3 is 2.46 bits per heavy atom. The number of primary amides is 1. The Hall–Kier alpha value is -3.07. The molecule has 0 aliphatic carbocycles. The van der Waals surface area contributed by atoms with E-state index >= 15 is 0 Å². The third-order valence-corrected chi connectivity index (χ3v) is 5.16. The normalized spacial score (nSPS) is 12.8. The van der Waals surface area contributed by atoms with Gasteiger partial charge < -0.3 is 11.1 Å². The summed E-state index contributed by atoms with van der Waals surface area (Å²) in [5, 5.41) is 3.33. The first-order chi connectivity index (χ1) is 13.2. The molecule has 28 heavy (non-hydrogen) atoms. The van der Waals surface area contributed by atoms with Crippen molar-refractivity contribution in [2.45, 2.75) is 31.3 Å². The molecule has 0 unspecified atom stereocenters. The van der Waals surface area contributed by atoms with E-state index in [4.69, 9.17) is 5.73 Å². The van der Waals surface area contributed by atoms with Gasteiger partial charge in [0.05, 0.1) is 5.56 Å². The van der Waals surface area contributed by atoms with Gasteiger partial charge in [0.2, 0.25) is 9.84 Å². The standard InChI is InChI=1S/C19H22N4O4S/c1-13(2)12-15(23-18(25)14-5-9-21-10-6-14)7-11-28(26,27)19-16(17(20)24)4-3-8-22-19/h3-11,13,15H,12H2,1-2H3,(H2,20,24)(H,23,25)/b11-7+/t15-/m1/s1. The van der Waals surface area contributed by atoms with E-state index in [1.54, 1.807) is 12.1 Å². The van der Waals surface area contributed by atoms with Crippen molar-refractivity contribution in [3.8, 4) is 0 Å². The lowest BCUT2D eigenvalue weighted by Crippen LogP contribution is -2.34. The minimum atomic E-state index is -4.02. The van der Waals surface area contributed by atoms with E-state index in [0.717, 1.165) is 5.41 Å². The Kier molecular flexibility index (Phi) is 7.00. The number of carbonyl (C=O) groups is 2. The van der Waals surface area contributed by atoms with Gasteiger partial charge >= 0.3 is 0 Å². The Morgan fingerprint density at radius 2 is 1.86 bits per heavy atom. The highest BCUT2D eigenvalue weighted by Crippen LogP contribution is 2.16. The highest BCUT2D eigenvalue weighted by atomic mass is 32.2. The van der Waals surface area contributed by atoms with Crippen LogP contribution in [0.1, 0.15) is 41.0 Å². The van der Waals surface area contributed by atoms with Gasteiger partial charge in [0.15, 0.2) is 5.03 Å². The Labute approximate surface area is 163 Å². The van der Waals surface area contributed by atoms with E-state index in [1.807, 2.05) is 13.8 Å². The molecule has 0 saturated heterocycles. The molecule has 9 heteroatoms. The predicted octanol–water partition coefficient (Wildman–Crippen LogP) is 1.71. The van der Waals surface area contributed by atoms with Crippen LogP contribution in [0.2, 0.25) is 0 Å². The van der Waals surface area contributed by atoms with Gasteiger partial charge in [-0.1, -0.05) is 19.9 Å². The van der Waals surface area contributed by atoms with E-state index in [1.165, 1.54) is 36.8 Å². The second-order valence-corrected chi connectivity index (χ2v) is 8.29. The average molecular weight is 402 g/mol. The topological polar surface area (TPSA) is 132 Å². The predicted molar refractivity (Wildman–Crippen MR) is 104 cm³/mol. The lowest BCUT2D eigenvalue weighted by molar-refractivity contribution is 0.0939. The van der Waals surface area contributed by atoms with Crippen molar-refractivity contribution in [1.82, 2.24) is 15.3 Å². The average Bonchev–Trinajstić information content (AvgIpc) is 2.66. The fourth-order valence-corrected chi connectivity index (χ4v) is 3.72. The van der Waals surface area contributed by atoms with Crippen LogP contribution in [0.15, 0.2) is 59.4 Å². The summed E-state index contributed by atoms with van der Waals surface area (Å²) in [5.41, 5.74) is 5.46. The van der Waals surface area contributed by atoms with Crippen molar-refractivity contribution in [1.29, 1.82) is 0 Å². The summed E-state index contributed by atoms with van der Waals surface area (Å²) < 4.78 is 25.3. The third kappa shape index (κ3) is 5.71. The molecule has 8 nitrogen and oxygen atoms in total. The molecule has 2 rings (SSSR count). The van der Waals surface area contributed by atoms with Crippen LogP contribution >= 0.6 is 0 Å². The molecule has 1 atom stereocenters. The van der Waals surface area contributed by atoms with Gasteiger partial charge in [0, 0.05) is 35.6 Å². The first kappa shape index (κ1) is 21.2. The van der Waals surface area contributed by atoms with Gasteiger partial charge in [0.1, 0.15) is 0 Å². The molecule has 3 N–H and O–H groups in total. The van der Waals surface area contributed by atoms with Crippen molar-refractivity contribution in [3.63, 3.8) is 0 Å². The van der Waals surface area contributed by atoms with Gasteiger partial charge in [-0.2, -0.15) is 0 Å². The maximum absolute atomic E-state index is 12.6. The lowest BCUT2D eigenvalue weighted by Gasteiger charge is -2.17. The quantitative estimate of drug-likeness (QED) is 0.691. The second kappa shape index (κ2) is 9.23. The summed E-state index contributed by atoms with van der Waals surface area (Å²) in [7, 11) is -4.02. The van der Waals surface area contributed by atoms with Crippen LogP contribution in [0, 0.1) is 5.92 Å². The minimum absolute atomic E-state index is 0.187. The summed E-state index contributed by atoms with van der Waals surface area (Å²) in [4.78, 5) is 31.5. The summed E-state index contributed by atoms with van der Waals surface area (Å²) in [6.07, 6.45) is 6.17. The maximum Gasteiger partial charge on any atom is 0.251 e. The smallest absolute Gasteiger partial charge is 0.251 e. The number of hydrogen-bond donors (Lipinski definition) is 2. The summed E-state index contributed by atoms with van der Waals surface area (Å²) in [6.45, 7) is 3.91. The number of sulfone groups is 1. The Balaban J connectivity index is 2.27. The zero-order valence-corrected chi connectivity index (χ0v) is 16.4. The van der Waals surface area contributed by atoms with E-state index in [-0.39, 0.29) is 17.4 Å². The van der Waals surface area contributed by atoms with E-state index in [2.05, 4.69) is 15.3 Å². The Morgan fingerprint density at radius 1 is 1.18 bits per heavy atom. The number of nitrogens with zero attached hydrogens (tertiary/aromatic N) is 2. The summed E-state index contributed by atoms with van der Waals surface area (Å²) in [6, 6.07) is 5.33. The van der Waals surface area contributed by atoms with Crippen molar-refractivity contribution < 1.29 is 18.0 Å². The van der Waals surface area contributed by atoms with Gasteiger partial charge in [0.25, 0.3) is 11.8 Å². The van der Waals surface area contributed by atoms with E-state index in [9.17, 15) is 18.0 Å². The molecule has 2 aromatic rings. The van der Waals surface area contributed by atoms with Crippen molar-refractivity contribution in [2.24, 2.45) is 11.7 Å². The van der Waals surface area contributed by atoms with E-state index in [0.29, 0.717) is 12.0 Å². The fraction of sp³-hybridized carbons (Fsp3) is 0.263. The zero-order chi connectivity index (χ0) is 20.7. The monoisotopic (exact) mass is 402 g/mol. The molecule has 2 heterocycles. The molecule has 0 aliphatic heterocycles. The fourth-order valence-electron chi connectivity index (χ4n) is 2.52. The number of hydrogen-bond acceptors (Lipinski definition) is 6. The first-order valence-corrected chi connectivity index (χ1v) is 10.1. The number of carbonyl (C=O) groups excluding carboxylic acids is 2. The van der Waals surface area contributed by atoms with Crippen LogP contribution in [-0.4, -0.2) is 36.2 Å². The van der Waals surface area contributed by atoms with Gasteiger partial charge in [-0.3, -0.25) is 14.6 Å². The molecule has 148 valence electrons. The molecule has 0 fully saturated rings. The molecular formula is C19H22N4O4S.